The van der Waals surface area contributed by atoms with Crippen LogP contribution in [0, 0.1) is 0 Å². The molecule has 0 aliphatic carbocycles. The Bertz CT molecular complexity index is 415. The number of benzene rings is 1. The lowest BCUT2D eigenvalue weighted by Gasteiger charge is -2.33. The van der Waals surface area contributed by atoms with Gasteiger partial charge in [0.25, 0.3) is 0 Å². The second kappa shape index (κ2) is 4.98. The van der Waals surface area contributed by atoms with Gasteiger partial charge in [0.1, 0.15) is 6.61 Å². The van der Waals surface area contributed by atoms with E-state index in [-0.39, 0.29) is 12.1 Å². The molecule has 2 saturated heterocycles. The molecule has 1 amide bonds. The summed E-state index contributed by atoms with van der Waals surface area (Å²) in [4.78, 5) is 13.9. The largest absolute Gasteiger partial charge is 0.447 e. The summed E-state index contributed by atoms with van der Waals surface area (Å²) in [5.41, 5.74) is 1.17. The first kappa shape index (κ1) is 11.5. The van der Waals surface area contributed by atoms with Crippen molar-refractivity contribution >= 4 is 6.09 Å². The Morgan fingerprint density at radius 2 is 1.89 bits per heavy atom. The normalized spacial score (nSPS) is 25.2. The molecule has 1 N–H and O–H groups in total. The van der Waals surface area contributed by atoms with Gasteiger partial charge in [-0.15, -0.1) is 0 Å². The van der Waals surface area contributed by atoms with Gasteiger partial charge in [0.15, 0.2) is 0 Å². The van der Waals surface area contributed by atoms with Gasteiger partial charge < -0.3 is 10.1 Å². The van der Waals surface area contributed by atoms with E-state index in [0.29, 0.717) is 12.6 Å². The minimum atomic E-state index is -0.157. The highest BCUT2D eigenvalue weighted by atomic mass is 16.6. The van der Waals surface area contributed by atoms with Crippen LogP contribution in [0.5, 0.6) is 0 Å². The highest BCUT2D eigenvalue weighted by Gasteiger charge is 2.39. The molecule has 0 saturated carbocycles. The number of piperidine rings is 1. The molecule has 2 heterocycles. The highest BCUT2D eigenvalue weighted by Crippen LogP contribution is 2.31. The third-order valence-corrected chi connectivity index (χ3v) is 3.80. The van der Waals surface area contributed by atoms with E-state index in [1.165, 1.54) is 5.56 Å². The van der Waals surface area contributed by atoms with Crippen LogP contribution in [0.3, 0.4) is 0 Å². The van der Waals surface area contributed by atoms with Crippen LogP contribution in [0.4, 0.5) is 4.79 Å². The van der Waals surface area contributed by atoms with Gasteiger partial charge >= 0.3 is 6.09 Å². The van der Waals surface area contributed by atoms with Crippen molar-refractivity contribution in [1.29, 1.82) is 0 Å². The van der Waals surface area contributed by atoms with E-state index in [0.717, 1.165) is 25.9 Å². The van der Waals surface area contributed by atoms with Crippen molar-refractivity contribution in [2.75, 3.05) is 19.7 Å². The summed E-state index contributed by atoms with van der Waals surface area (Å²) in [5.74, 6) is 0. The molecule has 1 atom stereocenters. The minimum Gasteiger partial charge on any atom is -0.447 e. The average molecular weight is 246 g/mol. The summed E-state index contributed by atoms with van der Waals surface area (Å²) >= 11 is 0. The van der Waals surface area contributed by atoms with E-state index in [4.69, 9.17) is 4.74 Å². The molecule has 2 aliphatic heterocycles. The standard InChI is InChI=1S/C14H18N2O2/c17-14-16(12-6-8-15-9-7-12)13(10-18-14)11-4-2-1-3-5-11/h1-5,12-13,15H,6-10H2/t13-/m0/s1. The molecular formula is C14H18N2O2. The van der Waals surface area contributed by atoms with Crippen LogP contribution in [0.25, 0.3) is 0 Å². The van der Waals surface area contributed by atoms with E-state index in [9.17, 15) is 4.79 Å². The van der Waals surface area contributed by atoms with Crippen molar-refractivity contribution in [1.82, 2.24) is 10.2 Å². The maximum Gasteiger partial charge on any atom is 0.410 e. The number of nitrogens with zero attached hydrogens (tertiary/aromatic N) is 1. The molecule has 4 nitrogen and oxygen atoms in total. The lowest BCUT2D eigenvalue weighted by molar-refractivity contribution is 0.134. The molecule has 0 spiro atoms. The summed E-state index contributed by atoms with van der Waals surface area (Å²) in [6, 6.07) is 10.6. The van der Waals surface area contributed by atoms with Gasteiger partial charge in [0.2, 0.25) is 0 Å². The van der Waals surface area contributed by atoms with Crippen molar-refractivity contribution in [3.63, 3.8) is 0 Å². The van der Waals surface area contributed by atoms with Crippen LogP contribution < -0.4 is 5.32 Å². The maximum absolute atomic E-state index is 11.9. The second-order valence-electron chi connectivity index (χ2n) is 4.89. The fraction of sp³-hybridized carbons (Fsp3) is 0.500. The number of carbonyl (C=O) groups is 1. The summed E-state index contributed by atoms with van der Waals surface area (Å²) in [5, 5.41) is 3.33. The average Bonchev–Trinajstić information content (AvgIpc) is 2.83. The molecule has 1 aromatic rings. The molecule has 0 aromatic heterocycles. The Morgan fingerprint density at radius 3 is 2.61 bits per heavy atom. The van der Waals surface area contributed by atoms with Crippen LogP contribution in [0.15, 0.2) is 30.3 Å². The fourth-order valence-electron chi connectivity index (χ4n) is 2.85. The predicted octanol–water partition coefficient (Wildman–Crippen LogP) is 1.93. The Kier molecular flexibility index (Phi) is 3.19. The molecule has 0 bridgehead atoms. The molecule has 0 unspecified atom stereocenters. The van der Waals surface area contributed by atoms with Gasteiger partial charge in [-0.25, -0.2) is 4.79 Å². The van der Waals surface area contributed by atoms with Crippen LogP contribution >= 0.6 is 0 Å². The summed E-state index contributed by atoms with van der Waals surface area (Å²) < 4.78 is 5.25. The monoisotopic (exact) mass is 246 g/mol. The van der Waals surface area contributed by atoms with Gasteiger partial charge in [-0.3, -0.25) is 4.90 Å². The second-order valence-corrected chi connectivity index (χ2v) is 4.89. The molecule has 3 rings (SSSR count). The molecule has 18 heavy (non-hydrogen) atoms. The van der Waals surface area contributed by atoms with Gasteiger partial charge in [-0.1, -0.05) is 30.3 Å². The molecule has 2 aliphatic rings. The first-order valence-electron chi connectivity index (χ1n) is 6.57. The number of hydrogen-bond donors (Lipinski definition) is 1. The number of rotatable bonds is 2. The van der Waals surface area contributed by atoms with Gasteiger partial charge in [0.05, 0.1) is 6.04 Å². The highest BCUT2D eigenvalue weighted by molar-refractivity contribution is 5.71. The smallest absolute Gasteiger partial charge is 0.410 e. The van der Waals surface area contributed by atoms with Crippen LogP contribution in [0.1, 0.15) is 24.4 Å². The molecule has 0 radical (unpaired) electrons. The van der Waals surface area contributed by atoms with Crippen LogP contribution in [0.2, 0.25) is 0 Å². The van der Waals surface area contributed by atoms with Crippen molar-refractivity contribution in [3.05, 3.63) is 35.9 Å². The molecule has 96 valence electrons. The quantitative estimate of drug-likeness (QED) is 0.867. The Hall–Kier alpha value is -1.55. The maximum atomic E-state index is 11.9. The Morgan fingerprint density at radius 1 is 1.17 bits per heavy atom. The first-order chi connectivity index (χ1) is 8.86. The summed E-state index contributed by atoms with van der Waals surface area (Å²) in [6.45, 7) is 2.44. The lowest BCUT2D eigenvalue weighted by Crippen LogP contribution is -2.44. The van der Waals surface area contributed by atoms with Gasteiger partial charge in [-0.05, 0) is 31.5 Å². The number of cyclic esters (lactones) is 1. The predicted molar refractivity (Wildman–Crippen MR) is 68.3 cm³/mol. The Balaban J connectivity index is 1.83. The molecule has 4 heteroatoms. The third kappa shape index (κ3) is 2.08. The number of hydrogen-bond acceptors (Lipinski definition) is 3. The lowest BCUT2D eigenvalue weighted by atomic mass is 10.0. The molecule has 1 aromatic carbocycles. The van der Waals surface area contributed by atoms with Crippen molar-refractivity contribution in [2.24, 2.45) is 0 Å². The zero-order valence-electron chi connectivity index (χ0n) is 10.3. The zero-order chi connectivity index (χ0) is 12.4. The third-order valence-electron chi connectivity index (χ3n) is 3.80. The SMILES string of the molecule is O=C1OC[C@@H](c2ccccc2)N1C1CCNCC1. The number of ether oxygens (including phenoxy) is 1. The van der Waals surface area contributed by atoms with E-state index >= 15 is 0 Å². The number of carbonyl (C=O) groups excluding carboxylic acids is 1. The van der Waals surface area contributed by atoms with Gasteiger partial charge in [0, 0.05) is 6.04 Å². The molecular weight excluding hydrogens is 228 g/mol. The van der Waals surface area contributed by atoms with E-state index in [1.807, 2.05) is 23.1 Å². The van der Waals surface area contributed by atoms with E-state index < -0.39 is 0 Å². The molecule has 2 fully saturated rings. The van der Waals surface area contributed by atoms with Crippen molar-refractivity contribution in [3.8, 4) is 0 Å². The van der Waals surface area contributed by atoms with Crippen LogP contribution in [-0.4, -0.2) is 36.7 Å². The van der Waals surface area contributed by atoms with Crippen LogP contribution in [-0.2, 0) is 4.74 Å². The number of nitrogens with one attached hydrogen (secondary N) is 1. The van der Waals surface area contributed by atoms with Gasteiger partial charge in [-0.2, -0.15) is 0 Å². The first-order valence-corrected chi connectivity index (χ1v) is 6.57. The fourth-order valence-corrected chi connectivity index (χ4v) is 2.85. The zero-order valence-corrected chi connectivity index (χ0v) is 10.3. The summed E-state index contributed by atoms with van der Waals surface area (Å²) in [6.07, 6.45) is 1.87. The Labute approximate surface area is 107 Å². The van der Waals surface area contributed by atoms with E-state index in [2.05, 4.69) is 17.4 Å². The minimum absolute atomic E-state index is 0.0850. The van der Waals surface area contributed by atoms with Crippen molar-refractivity contribution < 1.29 is 9.53 Å². The number of amides is 1. The summed E-state index contributed by atoms with van der Waals surface area (Å²) in [7, 11) is 0. The van der Waals surface area contributed by atoms with Crippen molar-refractivity contribution in [2.45, 2.75) is 24.9 Å². The topological polar surface area (TPSA) is 41.6 Å². The van der Waals surface area contributed by atoms with E-state index in [1.54, 1.807) is 0 Å².